The summed E-state index contributed by atoms with van der Waals surface area (Å²) < 4.78 is 20.3. The van der Waals surface area contributed by atoms with E-state index >= 15 is 0 Å². The lowest BCUT2D eigenvalue weighted by Gasteiger charge is -2.08. The van der Waals surface area contributed by atoms with Gasteiger partial charge in [0.15, 0.2) is 0 Å². The number of amides is 1. The van der Waals surface area contributed by atoms with Crippen molar-refractivity contribution in [3.8, 4) is 11.4 Å². The number of carbonyl (C=O) groups is 1. The maximum Gasteiger partial charge on any atom is 0.255 e. The van der Waals surface area contributed by atoms with Crippen molar-refractivity contribution in [3.05, 3.63) is 76.3 Å². The van der Waals surface area contributed by atoms with Crippen LogP contribution in [0.4, 0.5) is 4.39 Å². The zero-order chi connectivity index (χ0) is 19.4. The molecule has 0 saturated heterocycles. The van der Waals surface area contributed by atoms with Crippen molar-refractivity contribution in [2.24, 2.45) is 0 Å². The number of halogens is 2. The van der Waals surface area contributed by atoms with Crippen molar-refractivity contribution in [2.45, 2.75) is 13.8 Å². The Morgan fingerprint density at radius 1 is 1.15 bits per heavy atom. The first-order chi connectivity index (χ1) is 13.0. The van der Waals surface area contributed by atoms with Gasteiger partial charge in [-0.1, -0.05) is 11.6 Å². The average molecular weight is 388 g/mol. The van der Waals surface area contributed by atoms with Crippen LogP contribution in [0.25, 0.3) is 5.69 Å². The Balaban J connectivity index is 1.63. The molecule has 0 aliphatic rings. The maximum absolute atomic E-state index is 13.1. The minimum atomic E-state index is -0.320. The van der Waals surface area contributed by atoms with E-state index in [-0.39, 0.29) is 11.7 Å². The molecule has 27 heavy (non-hydrogen) atoms. The molecule has 1 N–H and O–H groups in total. The number of nitrogens with one attached hydrogen (secondary N) is 1. The van der Waals surface area contributed by atoms with Gasteiger partial charge in [0.2, 0.25) is 0 Å². The highest BCUT2D eigenvalue weighted by Crippen LogP contribution is 2.18. The Kier molecular flexibility index (Phi) is 5.76. The standard InChI is InChI=1S/C20H19ClFN3O2/c1-13-19(14(2)25(24-13)17-7-5-16(22)6-8-17)20(26)23-11-12-27-18-9-3-15(21)4-10-18/h3-10H,11-12H2,1-2H3,(H,23,26). The van der Waals surface area contributed by atoms with Crippen LogP contribution in [0, 0.1) is 19.7 Å². The zero-order valence-electron chi connectivity index (χ0n) is 15.0. The monoisotopic (exact) mass is 387 g/mol. The van der Waals surface area contributed by atoms with Crippen molar-refractivity contribution in [1.82, 2.24) is 15.1 Å². The van der Waals surface area contributed by atoms with Gasteiger partial charge in [0.1, 0.15) is 18.2 Å². The number of hydrogen-bond donors (Lipinski definition) is 1. The third kappa shape index (κ3) is 4.46. The third-order valence-corrected chi connectivity index (χ3v) is 4.31. The number of benzene rings is 2. The van der Waals surface area contributed by atoms with Gasteiger partial charge in [0, 0.05) is 5.02 Å². The van der Waals surface area contributed by atoms with Gasteiger partial charge in [0.05, 0.1) is 29.2 Å². The van der Waals surface area contributed by atoms with Crippen molar-refractivity contribution < 1.29 is 13.9 Å². The van der Waals surface area contributed by atoms with E-state index in [0.717, 1.165) is 0 Å². The van der Waals surface area contributed by atoms with Crippen molar-refractivity contribution in [2.75, 3.05) is 13.2 Å². The molecule has 0 fully saturated rings. The summed E-state index contributed by atoms with van der Waals surface area (Å²) in [5.74, 6) is 0.141. The van der Waals surface area contributed by atoms with Crippen LogP contribution in [0.5, 0.6) is 5.75 Å². The third-order valence-electron chi connectivity index (χ3n) is 4.06. The topological polar surface area (TPSA) is 56.2 Å². The Morgan fingerprint density at radius 2 is 1.81 bits per heavy atom. The molecule has 0 radical (unpaired) electrons. The molecule has 0 atom stereocenters. The number of rotatable bonds is 6. The van der Waals surface area contributed by atoms with Crippen LogP contribution in [0.1, 0.15) is 21.7 Å². The molecule has 1 amide bonds. The summed E-state index contributed by atoms with van der Waals surface area (Å²) in [5.41, 5.74) is 2.50. The lowest BCUT2D eigenvalue weighted by atomic mass is 10.2. The number of carbonyl (C=O) groups excluding carboxylic acids is 1. The van der Waals surface area contributed by atoms with Gasteiger partial charge in [-0.15, -0.1) is 0 Å². The predicted octanol–water partition coefficient (Wildman–Crippen LogP) is 4.09. The number of nitrogens with zero attached hydrogens (tertiary/aromatic N) is 2. The number of aryl methyl sites for hydroxylation is 1. The second kappa shape index (κ2) is 8.22. The van der Waals surface area contributed by atoms with E-state index in [9.17, 15) is 9.18 Å². The Hall–Kier alpha value is -2.86. The van der Waals surface area contributed by atoms with E-state index in [0.29, 0.717) is 46.6 Å². The van der Waals surface area contributed by atoms with Gasteiger partial charge in [-0.2, -0.15) is 5.10 Å². The fourth-order valence-electron chi connectivity index (χ4n) is 2.76. The molecule has 3 aromatic rings. The highest BCUT2D eigenvalue weighted by Gasteiger charge is 2.19. The van der Waals surface area contributed by atoms with E-state index in [4.69, 9.17) is 16.3 Å². The van der Waals surface area contributed by atoms with E-state index < -0.39 is 0 Å². The molecule has 140 valence electrons. The summed E-state index contributed by atoms with van der Waals surface area (Å²) in [7, 11) is 0. The predicted molar refractivity (Wildman–Crippen MR) is 102 cm³/mol. The Morgan fingerprint density at radius 3 is 2.48 bits per heavy atom. The quantitative estimate of drug-likeness (QED) is 0.648. The van der Waals surface area contributed by atoms with Gasteiger partial charge >= 0.3 is 0 Å². The van der Waals surface area contributed by atoms with Gasteiger partial charge < -0.3 is 10.1 Å². The lowest BCUT2D eigenvalue weighted by molar-refractivity contribution is 0.0945. The van der Waals surface area contributed by atoms with Crippen LogP contribution in [0.3, 0.4) is 0 Å². The molecule has 3 rings (SSSR count). The molecule has 2 aromatic carbocycles. The largest absolute Gasteiger partial charge is 0.492 e. The zero-order valence-corrected chi connectivity index (χ0v) is 15.8. The molecule has 0 spiro atoms. The maximum atomic E-state index is 13.1. The molecule has 5 nitrogen and oxygen atoms in total. The second-order valence-electron chi connectivity index (χ2n) is 5.99. The van der Waals surface area contributed by atoms with Crippen LogP contribution >= 0.6 is 11.6 Å². The van der Waals surface area contributed by atoms with Crippen LogP contribution in [0.15, 0.2) is 48.5 Å². The molecule has 0 aliphatic carbocycles. The van der Waals surface area contributed by atoms with Crippen LogP contribution < -0.4 is 10.1 Å². The minimum Gasteiger partial charge on any atom is -0.492 e. The molecule has 1 aromatic heterocycles. The molecular formula is C20H19ClFN3O2. The fourth-order valence-corrected chi connectivity index (χ4v) is 2.88. The van der Waals surface area contributed by atoms with E-state index in [1.807, 2.05) is 6.92 Å². The van der Waals surface area contributed by atoms with Crippen molar-refractivity contribution in [1.29, 1.82) is 0 Å². The first-order valence-electron chi connectivity index (χ1n) is 8.44. The van der Waals surface area contributed by atoms with Crippen LogP contribution in [-0.4, -0.2) is 28.8 Å². The summed E-state index contributed by atoms with van der Waals surface area (Å²) in [6.07, 6.45) is 0. The Bertz CT molecular complexity index is 937. The summed E-state index contributed by atoms with van der Waals surface area (Å²) in [5, 5.41) is 7.88. The Labute approximate surface area is 161 Å². The normalized spacial score (nSPS) is 10.7. The molecule has 7 heteroatoms. The van der Waals surface area contributed by atoms with Gasteiger partial charge in [-0.05, 0) is 62.4 Å². The molecule has 0 saturated carbocycles. The van der Waals surface area contributed by atoms with E-state index in [1.54, 1.807) is 48.0 Å². The minimum absolute atomic E-state index is 0.224. The molecule has 0 aliphatic heterocycles. The number of hydrogen-bond acceptors (Lipinski definition) is 3. The molecule has 1 heterocycles. The number of ether oxygens (including phenoxy) is 1. The summed E-state index contributed by atoms with van der Waals surface area (Å²) in [4.78, 5) is 12.5. The smallest absolute Gasteiger partial charge is 0.255 e. The molecule has 0 unspecified atom stereocenters. The molecule has 0 bridgehead atoms. The summed E-state index contributed by atoms with van der Waals surface area (Å²) in [6.45, 7) is 4.26. The van der Waals surface area contributed by atoms with Crippen molar-refractivity contribution >= 4 is 17.5 Å². The molecular weight excluding hydrogens is 369 g/mol. The first-order valence-corrected chi connectivity index (χ1v) is 8.82. The average Bonchev–Trinajstić information content (AvgIpc) is 2.95. The fraction of sp³-hybridized carbons (Fsp3) is 0.200. The first kappa shape index (κ1) is 18.9. The van der Waals surface area contributed by atoms with Gasteiger partial charge in [-0.3, -0.25) is 4.79 Å². The summed E-state index contributed by atoms with van der Waals surface area (Å²) >= 11 is 5.83. The highest BCUT2D eigenvalue weighted by molar-refractivity contribution is 6.30. The van der Waals surface area contributed by atoms with Crippen molar-refractivity contribution in [3.63, 3.8) is 0 Å². The van der Waals surface area contributed by atoms with E-state index in [2.05, 4.69) is 10.4 Å². The SMILES string of the molecule is Cc1nn(-c2ccc(F)cc2)c(C)c1C(=O)NCCOc1ccc(Cl)cc1. The second-order valence-corrected chi connectivity index (χ2v) is 6.43. The highest BCUT2D eigenvalue weighted by atomic mass is 35.5. The number of aromatic nitrogens is 2. The van der Waals surface area contributed by atoms with Crippen LogP contribution in [-0.2, 0) is 0 Å². The van der Waals surface area contributed by atoms with Gasteiger partial charge in [-0.25, -0.2) is 9.07 Å². The van der Waals surface area contributed by atoms with Crippen LogP contribution in [0.2, 0.25) is 5.02 Å². The van der Waals surface area contributed by atoms with E-state index in [1.165, 1.54) is 12.1 Å². The lowest BCUT2D eigenvalue weighted by Crippen LogP contribution is -2.29. The van der Waals surface area contributed by atoms with Gasteiger partial charge in [0.25, 0.3) is 5.91 Å². The summed E-state index contributed by atoms with van der Waals surface area (Å²) in [6, 6.07) is 13.0.